The lowest BCUT2D eigenvalue weighted by molar-refractivity contribution is -0.146. The molecule has 6 atom stereocenters. The average molecular weight is 694 g/mol. The number of esters is 1. The number of carbonyl (C=O) groups is 4. The lowest BCUT2D eigenvalue weighted by Gasteiger charge is -2.37. The van der Waals surface area contributed by atoms with Crippen LogP contribution >= 0.6 is 0 Å². The SMILES string of the molecule is C=CCCC(=O)OC[C@H](NC(=O)[C@@H]1[C@@H]2CC[C@]3(O2)[C@H](C(=O)N(CC=C)c2ccc4ccccc4c2)N(CCCCCO)C(=O)[C@@H]13)c1ccccc1. The summed E-state index contributed by atoms with van der Waals surface area (Å²) in [5, 5.41) is 14.5. The number of ether oxygens (including phenoxy) is 2. The van der Waals surface area contributed by atoms with Crippen LogP contribution in [0, 0.1) is 11.8 Å². The van der Waals surface area contributed by atoms with Gasteiger partial charge in [-0.3, -0.25) is 19.2 Å². The van der Waals surface area contributed by atoms with Gasteiger partial charge < -0.3 is 29.7 Å². The van der Waals surface area contributed by atoms with Gasteiger partial charge in [-0.1, -0.05) is 72.8 Å². The molecule has 268 valence electrons. The zero-order chi connectivity index (χ0) is 36.0. The minimum Gasteiger partial charge on any atom is -0.463 e. The largest absolute Gasteiger partial charge is 0.463 e. The second-order valence-electron chi connectivity index (χ2n) is 13.6. The van der Waals surface area contributed by atoms with Crippen LogP contribution in [0.1, 0.15) is 56.6 Å². The van der Waals surface area contributed by atoms with E-state index in [1.807, 2.05) is 72.8 Å². The maximum Gasteiger partial charge on any atom is 0.306 e. The molecule has 0 aliphatic carbocycles. The Morgan fingerprint density at radius 3 is 2.53 bits per heavy atom. The van der Waals surface area contributed by atoms with E-state index in [1.165, 1.54) is 0 Å². The van der Waals surface area contributed by atoms with Gasteiger partial charge in [0.15, 0.2) is 0 Å². The van der Waals surface area contributed by atoms with E-state index >= 15 is 0 Å². The van der Waals surface area contributed by atoms with E-state index in [2.05, 4.69) is 18.5 Å². The van der Waals surface area contributed by atoms with E-state index in [1.54, 1.807) is 22.0 Å². The second kappa shape index (κ2) is 16.0. The predicted octanol–water partition coefficient (Wildman–Crippen LogP) is 5.26. The third kappa shape index (κ3) is 7.21. The minimum atomic E-state index is -1.19. The quantitative estimate of drug-likeness (QED) is 0.112. The van der Waals surface area contributed by atoms with Crippen molar-refractivity contribution in [2.45, 2.75) is 68.7 Å². The Morgan fingerprint density at radius 1 is 1.02 bits per heavy atom. The van der Waals surface area contributed by atoms with Crippen LogP contribution in [0.25, 0.3) is 10.8 Å². The molecule has 3 aliphatic heterocycles. The number of hydrogen-bond donors (Lipinski definition) is 2. The number of likely N-dealkylation sites (tertiary alicyclic amines) is 1. The van der Waals surface area contributed by atoms with Gasteiger partial charge in [-0.2, -0.15) is 0 Å². The van der Waals surface area contributed by atoms with Crippen molar-refractivity contribution in [3.63, 3.8) is 0 Å². The summed E-state index contributed by atoms with van der Waals surface area (Å²) in [6.45, 7) is 8.06. The number of benzene rings is 3. The number of unbranched alkanes of at least 4 members (excludes halogenated alkanes) is 2. The molecule has 51 heavy (non-hydrogen) atoms. The fourth-order valence-electron chi connectivity index (χ4n) is 8.13. The van der Waals surface area contributed by atoms with Gasteiger partial charge in [0.25, 0.3) is 5.91 Å². The first-order chi connectivity index (χ1) is 24.8. The number of aliphatic hydroxyl groups excluding tert-OH is 1. The lowest BCUT2D eigenvalue weighted by atomic mass is 9.70. The molecule has 10 heteroatoms. The molecule has 2 bridgehead atoms. The molecule has 3 saturated heterocycles. The van der Waals surface area contributed by atoms with E-state index in [4.69, 9.17) is 9.47 Å². The Kier molecular flexibility index (Phi) is 11.3. The Morgan fingerprint density at radius 2 is 1.78 bits per heavy atom. The molecule has 6 rings (SSSR count). The van der Waals surface area contributed by atoms with Crippen molar-refractivity contribution >= 4 is 40.2 Å². The Bertz CT molecular complexity index is 1760. The van der Waals surface area contributed by atoms with Crippen molar-refractivity contribution < 1.29 is 33.8 Å². The van der Waals surface area contributed by atoms with E-state index in [0.717, 1.165) is 16.3 Å². The van der Waals surface area contributed by atoms with Crippen LogP contribution in [0.15, 0.2) is 98.1 Å². The fourth-order valence-corrected chi connectivity index (χ4v) is 8.13. The summed E-state index contributed by atoms with van der Waals surface area (Å²) in [6.07, 6.45) is 6.26. The molecule has 3 aliphatic rings. The van der Waals surface area contributed by atoms with Crippen molar-refractivity contribution in [2.24, 2.45) is 11.8 Å². The van der Waals surface area contributed by atoms with E-state index in [0.29, 0.717) is 50.8 Å². The number of carbonyl (C=O) groups excluding carboxylic acids is 4. The minimum absolute atomic E-state index is 0.0388. The monoisotopic (exact) mass is 693 g/mol. The van der Waals surface area contributed by atoms with Gasteiger partial charge in [-0.05, 0) is 67.0 Å². The highest BCUT2D eigenvalue weighted by atomic mass is 16.5. The molecule has 0 unspecified atom stereocenters. The Hall–Kier alpha value is -4.80. The van der Waals surface area contributed by atoms with Crippen LogP contribution in [-0.4, -0.2) is 77.7 Å². The molecular weight excluding hydrogens is 646 g/mol. The second-order valence-corrected chi connectivity index (χ2v) is 13.6. The van der Waals surface area contributed by atoms with Gasteiger partial charge in [0.2, 0.25) is 11.8 Å². The van der Waals surface area contributed by atoms with Crippen LogP contribution < -0.4 is 10.2 Å². The van der Waals surface area contributed by atoms with Crippen LogP contribution in [0.4, 0.5) is 5.69 Å². The summed E-state index contributed by atoms with van der Waals surface area (Å²) in [5.74, 6) is -3.02. The number of allylic oxidation sites excluding steroid dienone is 1. The third-order valence-electron chi connectivity index (χ3n) is 10.5. The first-order valence-corrected chi connectivity index (χ1v) is 17.9. The Labute approximate surface area is 299 Å². The number of fused-ring (bicyclic) bond motifs is 2. The number of amides is 3. The molecule has 10 nitrogen and oxygen atoms in total. The molecule has 3 heterocycles. The molecule has 3 amide bonds. The van der Waals surface area contributed by atoms with Crippen LogP contribution in [-0.2, 0) is 28.7 Å². The maximum absolute atomic E-state index is 14.9. The number of nitrogens with one attached hydrogen (secondary N) is 1. The van der Waals surface area contributed by atoms with Crippen molar-refractivity contribution in [2.75, 3.05) is 31.2 Å². The fraction of sp³-hybridized carbons (Fsp3) is 0.415. The van der Waals surface area contributed by atoms with E-state index in [9.17, 15) is 24.3 Å². The molecule has 3 fully saturated rings. The summed E-state index contributed by atoms with van der Waals surface area (Å²) in [4.78, 5) is 59.5. The summed E-state index contributed by atoms with van der Waals surface area (Å²) in [6, 6.07) is 21.4. The predicted molar refractivity (Wildman–Crippen MR) is 194 cm³/mol. The van der Waals surface area contributed by atoms with Crippen molar-refractivity contribution in [1.29, 1.82) is 0 Å². The molecular formula is C41H47N3O7. The molecule has 0 radical (unpaired) electrons. The normalized spacial score (nSPS) is 23.9. The van der Waals surface area contributed by atoms with E-state index < -0.39 is 41.6 Å². The van der Waals surface area contributed by atoms with Crippen molar-refractivity contribution in [3.8, 4) is 0 Å². The van der Waals surface area contributed by atoms with Gasteiger partial charge >= 0.3 is 5.97 Å². The van der Waals surface area contributed by atoms with Gasteiger partial charge in [-0.15, -0.1) is 13.2 Å². The van der Waals surface area contributed by atoms with Gasteiger partial charge in [0.1, 0.15) is 18.2 Å². The number of anilines is 1. The summed E-state index contributed by atoms with van der Waals surface area (Å²) in [5.41, 5.74) is 0.252. The third-order valence-corrected chi connectivity index (χ3v) is 10.5. The highest BCUT2D eigenvalue weighted by Gasteiger charge is 2.74. The summed E-state index contributed by atoms with van der Waals surface area (Å²) in [7, 11) is 0. The molecule has 0 saturated carbocycles. The number of hydrogen-bond acceptors (Lipinski definition) is 7. The Balaban J connectivity index is 1.31. The molecule has 2 N–H and O–H groups in total. The standard InChI is InChI=1S/C41H47N3O7/c1-3-5-18-34(46)50-27-32(29-15-8-6-9-16-29)42-38(47)35-33-21-22-41(51-33)36(35)39(48)44(24-12-7-13-25-45)37(41)40(49)43(23-4-2)31-20-19-28-14-10-11-17-30(28)26-31/h3-4,6,8-11,14-17,19-20,26,32-33,35-37,45H,1-2,5,7,12-13,18,21-25,27H2,(H,42,47)/t32-,33-,35+,36+,37-,41+/m0/s1. The van der Waals surface area contributed by atoms with Crippen LogP contribution in [0.3, 0.4) is 0 Å². The highest BCUT2D eigenvalue weighted by Crippen LogP contribution is 2.58. The maximum atomic E-state index is 14.9. The summed E-state index contributed by atoms with van der Waals surface area (Å²) >= 11 is 0. The zero-order valence-electron chi connectivity index (χ0n) is 29.0. The molecule has 1 spiro atoms. The molecule has 3 aromatic carbocycles. The van der Waals surface area contributed by atoms with E-state index in [-0.39, 0.29) is 43.9 Å². The number of rotatable bonds is 17. The topological polar surface area (TPSA) is 125 Å². The van der Waals surface area contributed by atoms with Crippen molar-refractivity contribution in [1.82, 2.24) is 10.2 Å². The van der Waals surface area contributed by atoms with Gasteiger partial charge in [-0.25, -0.2) is 0 Å². The zero-order valence-corrected chi connectivity index (χ0v) is 29.0. The van der Waals surface area contributed by atoms with Crippen LogP contribution in [0.2, 0.25) is 0 Å². The lowest BCUT2D eigenvalue weighted by Crippen LogP contribution is -2.56. The number of nitrogens with zero attached hydrogens (tertiary/aromatic N) is 2. The average Bonchev–Trinajstić information content (AvgIpc) is 3.80. The summed E-state index contributed by atoms with van der Waals surface area (Å²) < 4.78 is 12.3. The van der Waals surface area contributed by atoms with Gasteiger partial charge in [0, 0.05) is 31.8 Å². The molecule has 0 aromatic heterocycles. The van der Waals surface area contributed by atoms with Crippen LogP contribution in [0.5, 0.6) is 0 Å². The molecule has 3 aromatic rings. The smallest absolute Gasteiger partial charge is 0.306 e. The highest BCUT2D eigenvalue weighted by molar-refractivity contribution is 6.05. The van der Waals surface area contributed by atoms with Crippen molar-refractivity contribution in [3.05, 3.63) is 104 Å². The number of aliphatic hydroxyl groups is 1. The first-order valence-electron chi connectivity index (χ1n) is 17.9. The first kappa shape index (κ1) is 36.0. The van der Waals surface area contributed by atoms with Gasteiger partial charge in [0.05, 0.1) is 24.0 Å².